The topological polar surface area (TPSA) is 175 Å². The van der Waals surface area contributed by atoms with Gasteiger partial charge in [-0.25, -0.2) is 0 Å². The summed E-state index contributed by atoms with van der Waals surface area (Å²) < 4.78 is 17.6. The maximum absolute atomic E-state index is 13.4. The van der Waals surface area contributed by atoms with Gasteiger partial charge in [-0.2, -0.15) is 0 Å². The van der Waals surface area contributed by atoms with E-state index in [2.05, 4.69) is 74.7 Å². The number of aliphatic hydroxyl groups is 5. The van der Waals surface area contributed by atoms with Gasteiger partial charge in [-0.15, -0.1) is 0 Å². The Bertz CT molecular complexity index is 1430. The summed E-state index contributed by atoms with van der Waals surface area (Å²) in [6, 6.07) is -1.03. The first-order valence-electron chi connectivity index (χ1n) is 30.6. The molecule has 0 aromatic heterocycles. The van der Waals surface area contributed by atoms with Crippen LogP contribution in [0.2, 0.25) is 0 Å². The van der Waals surface area contributed by atoms with E-state index in [1.54, 1.807) is 6.08 Å². The van der Waals surface area contributed by atoms with Crippen LogP contribution < -0.4 is 5.32 Å². The SMILES string of the molecule is CCCCC/C=C\C/C=C\C/C=C\C/C=C\CCCCCCCC(=O)OC1C(OCC(NC(=O)C(O)CCCCCCCCCCCCCCC)C(O)/C=C/CCCCCCCCCCC)OC(CO)C(O)C1O. The van der Waals surface area contributed by atoms with Gasteiger partial charge in [0.25, 0.3) is 0 Å². The number of hydrogen-bond acceptors (Lipinski definition) is 10. The van der Waals surface area contributed by atoms with Crippen molar-refractivity contribution in [2.24, 2.45) is 0 Å². The Morgan fingerprint density at radius 3 is 1.42 bits per heavy atom. The van der Waals surface area contributed by atoms with Crippen molar-refractivity contribution in [3.8, 4) is 0 Å². The predicted molar refractivity (Wildman–Crippen MR) is 306 cm³/mol. The zero-order valence-corrected chi connectivity index (χ0v) is 47.5. The molecule has 1 heterocycles. The molecule has 1 saturated heterocycles. The van der Waals surface area contributed by atoms with Gasteiger partial charge in [0.05, 0.1) is 25.4 Å². The summed E-state index contributed by atoms with van der Waals surface area (Å²) in [5.41, 5.74) is 0. The highest BCUT2D eigenvalue weighted by Crippen LogP contribution is 2.26. The molecule has 1 aliphatic heterocycles. The third-order valence-corrected chi connectivity index (χ3v) is 14.2. The lowest BCUT2D eigenvalue weighted by atomic mass is 9.99. The molecule has 11 nitrogen and oxygen atoms in total. The van der Waals surface area contributed by atoms with E-state index in [4.69, 9.17) is 14.2 Å². The molecule has 0 saturated carbocycles. The number of nitrogens with one attached hydrogen (secondary N) is 1. The van der Waals surface area contributed by atoms with E-state index < -0.39 is 67.4 Å². The number of aliphatic hydroxyl groups excluding tert-OH is 5. The van der Waals surface area contributed by atoms with E-state index in [9.17, 15) is 35.1 Å². The van der Waals surface area contributed by atoms with Gasteiger partial charge in [0, 0.05) is 6.42 Å². The largest absolute Gasteiger partial charge is 0.454 e. The highest BCUT2D eigenvalue weighted by atomic mass is 16.7. The van der Waals surface area contributed by atoms with Gasteiger partial charge in [0.1, 0.15) is 24.4 Å². The number of amides is 1. The Balaban J connectivity index is 2.67. The standard InChI is InChI=1S/C63H113NO10/c1-4-7-10-13-16-19-22-24-25-26-27-28-29-30-31-33-36-39-42-45-48-51-58(68)74-61-60(70)59(69)57(52-65)73-63(61)72-53-54(55(66)49-46-43-40-37-34-21-18-15-12-9-6-3)64-62(71)56(67)50-47-44-41-38-35-32-23-20-17-14-11-8-5-2/h16,19,24-25,27-28,30-31,46,49,54-57,59-61,63,65-67,69-70H,4-15,17-18,20-23,26,29,32-45,47-48,50-53H2,1-3H3,(H,64,71)/b19-16-,25-24-,28-27-,31-30-,49-46+. The van der Waals surface area contributed by atoms with E-state index in [0.29, 0.717) is 19.3 Å². The van der Waals surface area contributed by atoms with Crippen LogP contribution in [0.1, 0.15) is 265 Å². The van der Waals surface area contributed by atoms with Gasteiger partial charge in [0.2, 0.25) is 5.91 Å². The minimum Gasteiger partial charge on any atom is -0.454 e. The predicted octanol–water partition coefficient (Wildman–Crippen LogP) is 14.2. The molecule has 0 aromatic rings. The van der Waals surface area contributed by atoms with Gasteiger partial charge < -0.3 is 45.1 Å². The summed E-state index contributed by atoms with van der Waals surface area (Å²) in [6.07, 6.45) is 52.6. The lowest BCUT2D eigenvalue weighted by Gasteiger charge is -2.41. The van der Waals surface area contributed by atoms with E-state index in [1.807, 2.05) is 6.08 Å². The molecule has 430 valence electrons. The van der Waals surface area contributed by atoms with Crippen molar-refractivity contribution in [1.29, 1.82) is 0 Å². The second-order valence-corrected chi connectivity index (χ2v) is 21.1. The average Bonchev–Trinajstić information content (AvgIpc) is 3.40. The number of allylic oxidation sites excluding steroid dienone is 9. The normalized spacial score (nSPS) is 19.7. The van der Waals surface area contributed by atoms with Crippen molar-refractivity contribution in [3.63, 3.8) is 0 Å². The van der Waals surface area contributed by atoms with Gasteiger partial charge in [-0.3, -0.25) is 9.59 Å². The Morgan fingerprint density at radius 2 is 0.932 bits per heavy atom. The number of ether oxygens (including phenoxy) is 3. The summed E-state index contributed by atoms with van der Waals surface area (Å²) in [5, 5.41) is 56.9. The van der Waals surface area contributed by atoms with Crippen LogP contribution in [0.3, 0.4) is 0 Å². The molecule has 8 unspecified atom stereocenters. The second-order valence-electron chi connectivity index (χ2n) is 21.1. The quantitative estimate of drug-likeness (QED) is 0.0195. The Labute approximate surface area is 452 Å². The van der Waals surface area contributed by atoms with Crippen molar-refractivity contribution < 1.29 is 49.3 Å². The smallest absolute Gasteiger partial charge is 0.306 e. The van der Waals surface area contributed by atoms with Crippen LogP contribution in [-0.2, 0) is 23.8 Å². The third kappa shape index (κ3) is 38.8. The molecular weight excluding hydrogens is 931 g/mol. The lowest BCUT2D eigenvalue weighted by molar-refractivity contribution is -0.305. The summed E-state index contributed by atoms with van der Waals surface area (Å²) in [7, 11) is 0. The van der Waals surface area contributed by atoms with Crippen LogP contribution in [0.5, 0.6) is 0 Å². The van der Waals surface area contributed by atoms with Crippen LogP contribution in [0.15, 0.2) is 60.8 Å². The van der Waals surface area contributed by atoms with Crippen LogP contribution in [-0.4, -0.2) is 99.6 Å². The zero-order valence-electron chi connectivity index (χ0n) is 47.5. The summed E-state index contributed by atoms with van der Waals surface area (Å²) in [5.74, 6) is -1.21. The molecule has 0 aliphatic carbocycles. The zero-order chi connectivity index (χ0) is 54.0. The lowest BCUT2D eigenvalue weighted by Crippen LogP contribution is -2.61. The number of unbranched alkanes of at least 4 members (excludes halogenated alkanes) is 29. The van der Waals surface area contributed by atoms with Crippen molar-refractivity contribution in [2.75, 3.05) is 13.2 Å². The Hall–Kier alpha value is -2.64. The monoisotopic (exact) mass is 1040 g/mol. The molecule has 11 heteroatoms. The third-order valence-electron chi connectivity index (χ3n) is 14.2. The number of rotatable bonds is 51. The van der Waals surface area contributed by atoms with E-state index in [0.717, 1.165) is 89.9 Å². The van der Waals surface area contributed by atoms with Crippen molar-refractivity contribution >= 4 is 11.9 Å². The average molecular weight is 1040 g/mol. The molecule has 6 N–H and O–H groups in total. The molecule has 74 heavy (non-hydrogen) atoms. The van der Waals surface area contributed by atoms with Gasteiger partial charge in [-0.05, 0) is 70.6 Å². The van der Waals surface area contributed by atoms with E-state index in [-0.39, 0.29) is 13.0 Å². The highest BCUT2D eigenvalue weighted by Gasteiger charge is 2.47. The molecule has 0 spiro atoms. The highest BCUT2D eigenvalue weighted by molar-refractivity contribution is 5.80. The van der Waals surface area contributed by atoms with Crippen molar-refractivity contribution in [1.82, 2.24) is 5.32 Å². The maximum Gasteiger partial charge on any atom is 0.306 e. The number of carbonyl (C=O) groups excluding carboxylic acids is 2. The minimum atomic E-state index is -1.62. The van der Waals surface area contributed by atoms with Crippen LogP contribution in [0.25, 0.3) is 0 Å². The fourth-order valence-corrected chi connectivity index (χ4v) is 9.28. The first kappa shape index (κ1) is 69.4. The van der Waals surface area contributed by atoms with Gasteiger partial charge >= 0.3 is 5.97 Å². The fraction of sp³-hybridized carbons (Fsp3) is 0.810. The number of esters is 1. The maximum atomic E-state index is 13.4. The number of hydrogen-bond donors (Lipinski definition) is 6. The molecule has 0 radical (unpaired) electrons. The fourth-order valence-electron chi connectivity index (χ4n) is 9.28. The summed E-state index contributed by atoms with van der Waals surface area (Å²) in [6.45, 7) is 5.74. The molecule has 0 bridgehead atoms. The van der Waals surface area contributed by atoms with Crippen molar-refractivity contribution in [2.45, 2.75) is 314 Å². The van der Waals surface area contributed by atoms with E-state index in [1.165, 1.54) is 128 Å². The van der Waals surface area contributed by atoms with E-state index >= 15 is 0 Å². The minimum absolute atomic E-state index is 0.102. The molecule has 1 aliphatic rings. The van der Waals surface area contributed by atoms with Crippen molar-refractivity contribution in [3.05, 3.63) is 60.8 Å². The Kier molecular flexibility index (Phi) is 47.9. The van der Waals surface area contributed by atoms with Crippen LogP contribution in [0, 0.1) is 0 Å². The molecule has 0 aromatic carbocycles. The second kappa shape index (κ2) is 51.1. The Morgan fingerprint density at radius 1 is 0.527 bits per heavy atom. The van der Waals surface area contributed by atoms with Gasteiger partial charge in [-0.1, -0.05) is 248 Å². The molecule has 1 fully saturated rings. The molecule has 8 atom stereocenters. The first-order chi connectivity index (χ1) is 36.2. The molecule has 1 amide bonds. The first-order valence-corrected chi connectivity index (χ1v) is 30.6. The van der Waals surface area contributed by atoms with Crippen LogP contribution in [0.4, 0.5) is 0 Å². The number of carbonyl (C=O) groups is 2. The summed E-state index contributed by atoms with van der Waals surface area (Å²) >= 11 is 0. The molecular formula is C63H113NO10. The van der Waals surface area contributed by atoms with Gasteiger partial charge in [0.15, 0.2) is 12.4 Å². The molecule has 1 rings (SSSR count). The van der Waals surface area contributed by atoms with Crippen LogP contribution >= 0.6 is 0 Å². The summed E-state index contributed by atoms with van der Waals surface area (Å²) in [4.78, 5) is 26.5.